The van der Waals surface area contributed by atoms with Crippen LogP contribution in [0.25, 0.3) is 5.57 Å². The molecule has 1 saturated heterocycles. The lowest BCUT2D eigenvalue weighted by atomic mass is 9.58. The van der Waals surface area contributed by atoms with Crippen LogP contribution in [0.3, 0.4) is 0 Å². The molecule has 4 aliphatic rings. The van der Waals surface area contributed by atoms with Crippen molar-refractivity contribution in [1.29, 1.82) is 0 Å². The third-order valence-corrected chi connectivity index (χ3v) is 10.9. The first kappa shape index (κ1) is 20.8. The van der Waals surface area contributed by atoms with Gasteiger partial charge in [-0.05, 0) is 35.3 Å². The van der Waals surface area contributed by atoms with Crippen molar-refractivity contribution in [3.63, 3.8) is 0 Å². The Morgan fingerprint density at radius 2 is 1.72 bits per heavy atom. The van der Waals surface area contributed by atoms with E-state index < -0.39 is 32.9 Å². The molecule has 6 atom stereocenters. The lowest BCUT2D eigenvalue weighted by Gasteiger charge is -2.49. The Kier molecular flexibility index (Phi) is 4.17. The summed E-state index contributed by atoms with van der Waals surface area (Å²) in [5.41, 5.74) is -0.855. The Balaban J connectivity index is 1.72. The highest BCUT2D eigenvalue weighted by Gasteiger charge is 2.89. The van der Waals surface area contributed by atoms with E-state index in [1.54, 1.807) is 12.1 Å². The van der Waals surface area contributed by atoms with Crippen molar-refractivity contribution in [2.24, 2.45) is 16.7 Å². The standard InChI is InChI=1S/C26H26ClNO3S/c1-23(2)18-13-14-24(23)15-32(31)28-26(24)20(21(29)17-11-7-4-8-12-17)19(22(27)25(18,26)30)16-9-5-3-6-10-16/h3-12,18,22,28,30H,13-15H2,1-2H3/t18-,22-,24-,25+,26-,32?/m0/s1. The molecule has 0 amide bonds. The molecular weight excluding hydrogens is 442 g/mol. The highest BCUT2D eigenvalue weighted by Crippen LogP contribution is 2.80. The second kappa shape index (κ2) is 6.41. The zero-order valence-corrected chi connectivity index (χ0v) is 19.7. The van der Waals surface area contributed by atoms with Gasteiger partial charge in [-0.2, -0.15) is 0 Å². The Labute approximate surface area is 195 Å². The van der Waals surface area contributed by atoms with Gasteiger partial charge in [-0.1, -0.05) is 74.5 Å². The topological polar surface area (TPSA) is 66.4 Å². The van der Waals surface area contributed by atoms with Gasteiger partial charge in [0.25, 0.3) is 0 Å². The number of benzene rings is 2. The van der Waals surface area contributed by atoms with Crippen LogP contribution in [0.5, 0.6) is 0 Å². The van der Waals surface area contributed by atoms with Crippen molar-refractivity contribution >= 4 is 33.9 Å². The summed E-state index contributed by atoms with van der Waals surface area (Å²) >= 11 is 7.21. The number of alkyl halides is 1. The molecule has 0 aromatic heterocycles. The molecule has 166 valence electrons. The monoisotopic (exact) mass is 467 g/mol. The molecule has 6 heteroatoms. The van der Waals surface area contributed by atoms with Crippen LogP contribution in [-0.2, 0) is 11.0 Å². The lowest BCUT2D eigenvalue weighted by molar-refractivity contribution is -0.0628. The van der Waals surface area contributed by atoms with E-state index in [9.17, 15) is 14.1 Å². The SMILES string of the molecule is CC1(C)[C@@H]2CC[C@]13CS(=O)N[C@@]31C(C(=O)c3ccccc3)=C(c3ccccc3)[C@H](Cl)[C@]21O. The van der Waals surface area contributed by atoms with Crippen LogP contribution in [0.15, 0.2) is 66.2 Å². The summed E-state index contributed by atoms with van der Waals surface area (Å²) in [5.74, 6) is 0.151. The molecule has 2 bridgehead atoms. The van der Waals surface area contributed by atoms with Gasteiger partial charge >= 0.3 is 0 Å². The fourth-order valence-corrected chi connectivity index (χ4v) is 10.4. The molecule has 2 saturated carbocycles. The Morgan fingerprint density at radius 3 is 2.38 bits per heavy atom. The zero-order chi connectivity index (χ0) is 22.5. The Hall–Kier alpha value is -1.79. The molecule has 2 N–H and O–H groups in total. The smallest absolute Gasteiger partial charge is 0.191 e. The van der Waals surface area contributed by atoms with E-state index in [0.29, 0.717) is 22.5 Å². The summed E-state index contributed by atoms with van der Waals surface area (Å²) in [6.45, 7) is 4.31. The summed E-state index contributed by atoms with van der Waals surface area (Å²) < 4.78 is 16.5. The maximum Gasteiger partial charge on any atom is 0.191 e. The van der Waals surface area contributed by atoms with Gasteiger partial charge in [0, 0.05) is 22.3 Å². The zero-order valence-electron chi connectivity index (χ0n) is 18.1. The van der Waals surface area contributed by atoms with Crippen LogP contribution in [0.4, 0.5) is 0 Å². The summed E-state index contributed by atoms with van der Waals surface area (Å²) in [7, 11) is -1.37. The van der Waals surface area contributed by atoms with E-state index in [-0.39, 0.29) is 17.1 Å². The highest BCUT2D eigenvalue weighted by atomic mass is 35.5. The fraction of sp³-hybridized carbons (Fsp3) is 0.423. The Morgan fingerprint density at radius 1 is 1.09 bits per heavy atom. The minimum atomic E-state index is -1.41. The minimum absolute atomic E-state index is 0.109. The third kappa shape index (κ3) is 2.04. The highest BCUT2D eigenvalue weighted by molar-refractivity contribution is 7.83. The molecule has 2 aromatic rings. The van der Waals surface area contributed by atoms with Gasteiger partial charge in [-0.3, -0.25) is 4.79 Å². The molecule has 1 heterocycles. The van der Waals surface area contributed by atoms with Crippen LogP contribution in [-0.4, -0.2) is 37.4 Å². The Bertz CT molecular complexity index is 1200. The van der Waals surface area contributed by atoms with E-state index in [4.69, 9.17) is 11.6 Å². The summed E-state index contributed by atoms with van der Waals surface area (Å²) in [6, 6.07) is 18.8. The second-order valence-corrected chi connectivity index (χ2v) is 11.9. The molecule has 6 rings (SSSR count). The molecule has 2 aromatic carbocycles. The second-order valence-electron chi connectivity index (χ2n) is 10.3. The molecule has 4 nitrogen and oxygen atoms in total. The molecule has 3 aliphatic carbocycles. The molecule has 1 aliphatic heterocycles. The number of carbonyl (C=O) groups is 1. The van der Waals surface area contributed by atoms with Crippen LogP contribution >= 0.6 is 11.6 Å². The van der Waals surface area contributed by atoms with Gasteiger partial charge in [0.2, 0.25) is 0 Å². The third-order valence-electron chi connectivity index (χ3n) is 9.09. The number of Topliss-reactive ketones (excluding diaryl/α,β-unsaturated/α-hetero) is 1. The van der Waals surface area contributed by atoms with Gasteiger partial charge in [-0.15, -0.1) is 11.6 Å². The van der Waals surface area contributed by atoms with Gasteiger partial charge in [0.05, 0.1) is 21.9 Å². The van der Waals surface area contributed by atoms with Gasteiger partial charge in [0.15, 0.2) is 5.78 Å². The normalized spacial score (nSPS) is 41.1. The molecule has 1 unspecified atom stereocenters. The summed E-state index contributed by atoms with van der Waals surface area (Å²) in [5, 5.41) is 11.8. The number of rotatable bonds is 3. The number of hydrogen-bond acceptors (Lipinski definition) is 3. The molecular formula is C26H26ClNO3S. The van der Waals surface area contributed by atoms with Crippen LogP contribution in [0, 0.1) is 16.7 Å². The predicted molar refractivity (Wildman–Crippen MR) is 127 cm³/mol. The van der Waals surface area contributed by atoms with E-state index in [1.165, 1.54) is 0 Å². The van der Waals surface area contributed by atoms with Crippen molar-refractivity contribution in [2.45, 2.75) is 43.2 Å². The first-order valence-corrected chi connectivity index (χ1v) is 12.9. The number of nitrogens with one attached hydrogen (secondary N) is 1. The van der Waals surface area contributed by atoms with Crippen molar-refractivity contribution in [3.05, 3.63) is 77.4 Å². The summed E-state index contributed by atoms with van der Waals surface area (Å²) in [4.78, 5) is 14.2. The number of fused-ring (bicyclic) bond motifs is 2. The lowest BCUT2D eigenvalue weighted by Crippen LogP contribution is -2.68. The number of hydrogen-bond donors (Lipinski definition) is 2. The van der Waals surface area contributed by atoms with E-state index in [1.807, 2.05) is 48.5 Å². The molecule has 2 spiro atoms. The maximum absolute atomic E-state index is 14.2. The van der Waals surface area contributed by atoms with Gasteiger partial charge in [-0.25, -0.2) is 8.93 Å². The predicted octanol–water partition coefficient (Wildman–Crippen LogP) is 4.12. The van der Waals surface area contributed by atoms with Crippen molar-refractivity contribution in [1.82, 2.24) is 4.72 Å². The number of halogens is 1. The quantitative estimate of drug-likeness (QED) is 0.527. The first-order chi connectivity index (χ1) is 15.2. The van der Waals surface area contributed by atoms with E-state index in [0.717, 1.165) is 18.4 Å². The van der Waals surface area contributed by atoms with Crippen molar-refractivity contribution < 1.29 is 14.1 Å². The molecule has 3 fully saturated rings. The van der Waals surface area contributed by atoms with Crippen LogP contribution < -0.4 is 4.72 Å². The number of aliphatic hydroxyl groups is 1. The average Bonchev–Trinajstić information content (AvgIpc) is 3.36. The fourth-order valence-electron chi connectivity index (χ4n) is 7.81. The maximum atomic E-state index is 14.2. The largest absolute Gasteiger partial charge is 0.385 e. The minimum Gasteiger partial charge on any atom is -0.385 e. The first-order valence-electron chi connectivity index (χ1n) is 11.1. The number of ketones is 1. The summed E-state index contributed by atoms with van der Waals surface area (Å²) in [6.07, 6.45) is 1.62. The molecule has 32 heavy (non-hydrogen) atoms. The van der Waals surface area contributed by atoms with E-state index in [2.05, 4.69) is 18.6 Å². The average molecular weight is 468 g/mol. The van der Waals surface area contributed by atoms with Gasteiger partial charge in [0.1, 0.15) is 5.60 Å². The van der Waals surface area contributed by atoms with Gasteiger partial charge < -0.3 is 5.11 Å². The molecule has 0 radical (unpaired) electrons. The van der Waals surface area contributed by atoms with Crippen molar-refractivity contribution in [3.8, 4) is 0 Å². The number of carbonyl (C=O) groups excluding carboxylic acids is 1. The van der Waals surface area contributed by atoms with E-state index >= 15 is 0 Å². The van der Waals surface area contributed by atoms with Crippen LogP contribution in [0.2, 0.25) is 0 Å². The van der Waals surface area contributed by atoms with Crippen molar-refractivity contribution in [2.75, 3.05) is 5.75 Å². The van der Waals surface area contributed by atoms with Crippen LogP contribution in [0.1, 0.15) is 42.6 Å².